The number of anilines is 2. The Hall–Kier alpha value is -3.54. The highest BCUT2D eigenvalue weighted by Gasteiger charge is 2.05. The zero-order valence-corrected chi connectivity index (χ0v) is 15.2. The zero-order chi connectivity index (χ0) is 19.6. The normalized spacial score (nSPS) is 10.2. The predicted octanol–water partition coefficient (Wildman–Crippen LogP) is 4.33. The number of benzene rings is 3. The zero-order valence-electron chi connectivity index (χ0n) is 15.2. The van der Waals surface area contributed by atoms with Crippen LogP contribution >= 0.6 is 0 Å². The van der Waals surface area contributed by atoms with Gasteiger partial charge in [0.2, 0.25) is 5.91 Å². The molecule has 6 heteroatoms. The van der Waals surface area contributed by atoms with Gasteiger partial charge in [-0.3, -0.25) is 4.79 Å². The second kappa shape index (κ2) is 9.97. The van der Waals surface area contributed by atoms with Crippen LogP contribution in [-0.2, 0) is 4.79 Å². The largest absolute Gasteiger partial charge is 0.490 e. The quantitative estimate of drug-likeness (QED) is 0.543. The van der Waals surface area contributed by atoms with E-state index in [1.165, 1.54) is 6.07 Å². The summed E-state index contributed by atoms with van der Waals surface area (Å²) in [5.41, 5.74) is 0.923. The van der Waals surface area contributed by atoms with Crippen molar-refractivity contribution in [3.63, 3.8) is 0 Å². The Labute approximate surface area is 163 Å². The molecule has 0 aromatic heterocycles. The molecular weight excluding hydrogens is 359 g/mol. The minimum atomic E-state index is -0.395. The molecule has 0 aliphatic carbocycles. The molecule has 1 amide bonds. The lowest BCUT2D eigenvalue weighted by atomic mass is 10.3. The summed E-state index contributed by atoms with van der Waals surface area (Å²) in [6.07, 6.45) is 0. The topological polar surface area (TPSA) is 59.6 Å². The van der Waals surface area contributed by atoms with E-state index in [9.17, 15) is 9.18 Å². The molecule has 0 saturated carbocycles. The van der Waals surface area contributed by atoms with Crippen molar-refractivity contribution in [2.45, 2.75) is 0 Å². The van der Waals surface area contributed by atoms with Crippen LogP contribution in [0.15, 0.2) is 78.9 Å². The SMILES string of the molecule is O=C(CNc1ccccc1F)Nc1ccc(OCCOc2ccccc2)cc1. The maximum atomic E-state index is 13.5. The molecule has 144 valence electrons. The van der Waals surface area contributed by atoms with Crippen LogP contribution in [0.5, 0.6) is 11.5 Å². The van der Waals surface area contributed by atoms with Gasteiger partial charge in [0.1, 0.15) is 30.5 Å². The van der Waals surface area contributed by atoms with Gasteiger partial charge >= 0.3 is 0 Å². The van der Waals surface area contributed by atoms with Gasteiger partial charge in [0.05, 0.1) is 12.2 Å². The van der Waals surface area contributed by atoms with Crippen molar-refractivity contribution in [2.24, 2.45) is 0 Å². The molecule has 2 N–H and O–H groups in total. The van der Waals surface area contributed by atoms with E-state index in [1.807, 2.05) is 30.3 Å². The van der Waals surface area contributed by atoms with E-state index in [4.69, 9.17) is 9.47 Å². The molecule has 0 heterocycles. The van der Waals surface area contributed by atoms with Crippen molar-refractivity contribution in [3.05, 3.63) is 84.7 Å². The highest BCUT2D eigenvalue weighted by atomic mass is 19.1. The van der Waals surface area contributed by atoms with Crippen LogP contribution in [0.4, 0.5) is 15.8 Å². The number of ether oxygens (including phenoxy) is 2. The van der Waals surface area contributed by atoms with Crippen LogP contribution in [0.1, 0.15) is 0 Å². The van der Waals surface area contributed by atoms with Gasteiger partial charge in [0, 0.05) is 5.69 Å². The second-order valence-electron chi connectivity index (χ2n) is 5.92. The first-order valence-electron chi connectivity index (χ1n) is 8.90. The molecule has 0 spiro atoms. The van der Waals surface area contributed by atoms with Crippen LogP contribution in [-0.4, -0.2) is 25.7 Å². The molecule has 0 unspecified atom stereocenters. The first kappa shape index (κ1) is 19.2. The first-order valence-corrected chi connectivity index (χ1v) is 8.90. The van der Waals surface area contributed by atoms with E-state index in [0.717, 1.165) is 5.75 Å². The summed E-state index contributed by atoms with van der Waals surface area (Å²) in [6, 6.07) is 22.8. The van der Waals surface area contributed by atoms with E-state index in [2.05, 4.69) is 10.6 Å². The maximum Gasteiger partial charge on any atom is 0.243 e. The summed E-state index contributed by atoms with van der Waals surface area (Å²) in [4.78, 5) is 12.0. The van der Waals surface area contributed by atoms with Crippen molar-refractivity contribution in [3.8, 4) is 11.5 Å². The summed E-state index contributed by atoms with van der Waals surface area (Å²) >= 11 is 0. The fourth-order valence-corrected chi connectivity index (χ4v) is 2.46. The summed E-state index contributed by atoms with van der Waals surface area (Å²) in [5, 5.41) is 5.51. The third-order valence-electron chi connectivity index (χ3n) is 3.82. The molecule has 3 rings (SSSR count). The number of nitrogens with one attached hydrogen (secondary N) is 2. The van der Waals surface area contributed by atoms with Gasteiger partial charge in [-0.25, -0.2) is 4.39 Å². The van der Waals surface area contributed by atoms with E-state index in [-0.39, 0.29) is 12.5 Å². The standard InChI is InChI=1S/C22H21FN2O3/c23-20-8-4-5-9-21(20)24-16-22(26)25-17-10-12-19(13-11-17)28-15-14-27-18-6-2-1-3-7-18/h1-13,24H,14-16H2,(H,25,26). The molecule has 28 heavy (non-hydrogen) atoms. The lowest BCUT2D eigenvalue weighted by molar-refractivity contribution is -0.114. The molecule has 0 bridgehead atoms. The third kappa shape index (κ3) is 6.02. The van der Waals surface area contributed by atoms with Crippen LogP contribution in [0.2, 0.25) is 0 Å². The minimum absolute atomic E-state index is 0.0317. The second-order valence-corrected chi connectivity index (χ2v) is 5.92. The lowest BCUT2D eigenvalue weighted by Crippen LogP contribution is -2.22. The molecule has 0 fully saturated rings. The number of carbonyl (C=O) groups excluding carboxylic acids is 1. The molecule has 0 radical (unpaired) electrons. The number of carbonyl (C=O) groups is 1. The number of hydrogen-bond donors (Lipinski definition) is 2. The molecule has 0 aliphatic heterocycles. The molecular formula is C22H21FN2O3. The maximum absolute atomic E-state index is 13.5. The van der Waals surface area contributed by atoms with Crippen LogP contribution in [0.3, 0.4) is 0 Å². The summed E-state index contributed by atoms with van der Waals surface area (Å²) < 4.78 is 24.7. The summed E-state index contributed by atoms with van der Waals surface area (Å²) in [6.45, 7) is 0.813. The number of hydrogen-bond acceptors (Lipinski definition) is 4. The Balaban J connectivity index is 1.39. The number of para-hydroxylation sites is 2. The van der Waals surface area contributed by atoms with Crippen molar-refractivity contribution >= 4 is 17.3 Å². The number of halogens is 1. The van der Waals surface area contributed by atoms with E-state index < -0.39 is 5.82 Å². The van der Waals surface area contributed by atoms with Crippen molar-refractivity contribution in [1.29, 1.82) is 0 Å². The van der Waals surface area contributed by atoms with Gasteiger partial charge in [-0.1, -0.05) is 30.3 Å². The van der Waals surface area contributed by atoms with E-state index in [0.29, 0.717) is 30.3 Å². The lowest BCUT2D eigenvalue weighted by Gasteiger charge is -2.10. The average molecular weight is 380 g/mol. The fourth-order valence-electron chi connectivity index (χ4n) is 2.46. The van der Waals surface area contributed by atoms with Gasteiger partial charge in [-0.2, -0.15) is 0 Å². The van der Waals surface area contributed by atoms with Crippen LogP contribution in [0, 0.1) is 5.82 Å². The summed E-state index contributed by atoms with van der Waals surface area (Å²) in [5.74, 6) is 0.813. The van der Waals surface area contributed by atoms with Crippen molar-refractivity contribution < 1.29 is 18.7 Å². The average Bonchev–Trinajstić information content (AvgIpc) is 2.72. The molecule has 3 aromatic rings. The van der Waals surface area contributed by atoms with Crippen LogP contribution < -0.4 is 20.1 Å². The van der Waals surface area contributed by atoms with Crippen molar-refractivity contribution in [1.82, 2.24) is 0 Å². The van der Waals surface area contributed by atoms with Gasteiger partial charge in [0.15, 0.2) is 0 Å². The van der Waals surface area contributed by atoms with Gasteiger partial charge in [-0.05, 0) is 48.5 Å². The van der Waals surface area contributed by atoms with E-state index >= 15 is 0 Å². The predicted molar refractivity (Wildman–Crippen MR) is 107 cm³/mol. The third-order valence-corrected chi connectivity index (χ3v) is 3.82. The Kier molecular flexibility index (Phi) is 6.84. The molecule has 5 nitrogen and oxygen atoms in total. The van der Waals surface area contributed by atoms with Crippen molar-refractivity contribution in [2.75, 3.05) is 30.4 Å². The monoisotopic (exact) mass is 380 g/mol. The summed E-state index contributed by atoms with van der Waals surface area (Å²) in [7, 11) is 0. The molecule has 0 aliphatic rings. The molecule has 0 saturated heterocycles. The van der Waals surface area contributed by atoms with Gasteiger partial charge in [-0.15, -0.1) is 0 Å². The highest BCUT2D eigenvalue weighted by Crippen LogP contribution is 2.16. The number of rotatable bonds is 9. The fraction of sp³-hybridized carbons (Fsp3) is 0.136. The Morgan fingerprint density at radius 2 is 1.39 bits per heavy atom. The first-order chi connectivity index (χ1) is 13.7. The van der Waals surface area contributed by atoms with Crippen LogP contribution in [0.25, 0.3) is 0 Å². The van der Waals surface area contributed by atoms with Gasteiger partial charge in [0.25, 0.3) is 0 Å². The minimum Gasteiger partial charge on any atom is -0.490 e. The highest BCUT2D eigenvalue weighted by molar-refractivity contribution is 5.93. The Morgan fingerprint density at radius 1 is 0.786 bits per heavy atom. The number of amides is 1. The molecule has 3 aromatic carbocycles. The smallest absolute Gasteiger partial charge is 0.243 e. The molecule has 0 atom stereocenters. The Morgan fingerprint density at radius 3 is 2.07 bits per heavy atom. The van der Waals surface area contributed by atoms with E-state index in [1.54, 1.807) is 42.5 Å². The van der Waals surface area contributed by atoms with Gasteiger partial charge < -0.3 is 20.1 Å². The Bertz CT molecular complexity index is 886.